The van der Waals surface area contributed by atoms with Crippen molar-refractivity contribution in [2.45, 2.75) is 10.9 Å². The van der Waals surface area contributed by atoms with Gasteiger partial charge in [0, 0.05) is 5.92 Å². The van der Waals surface area contributed by atoms with Crippen molar-refractivity contribution in [1.29, 1.82) is 0 Å². The molecule has 0 spiro atoms. The average Bonchev–Trinajstić information content (AvgIpc) is 2.27. The second-order valence-electron chi connectivity index (χ2n) is 2.75. The summed E-state index contributed by atoms with van der Waals surface area (Å²) in [6.07, 6.45) is -0.392. The number of cyclic esters (lactones) is 1. The van der Waals surface area contributed by atoms with Crippen LogP contribution in [0.4, 0.5) is 0 Å². The van der Waals surface area contributed by atoms with E-state index in [2.05, 4.69) is 15.9 Å². The molecule has 0 radical (unpaired) electrons. The van der Waals surface area contributed by atoms with E-state index in [1.807, 2.05) is 0 Å². The van der Waals surface area contributed by atoms with Gasteiger partial charge < -0.3 is 9.84 Å². The average molecular weight is 207 g/mol. The topological polar surface area (TPSA) is 46.5 Å². The van der Waals surface area contributed by atoms with Gasteiger partial charge in [-0.3, -0.25) is 4.79 Å². The fraction of sp³-hybridized carbons (Fsp3) is 0.833. The van der Waals surface area contributed by atoms with Gasteiger partial charge >= 0.3 is 5.97 Å². The van der Waals surface area contributed by atoms with Gasteiger partial charge in [-0.25, -0.2) is 0 Å². The molecule has 3 nitrogen and oxygen atoms in total. The van der Waals surface area contributed by atoms with Crippen LogP contribution in [0.25, 0.3) is 0 Å². The van der Waals surface area contributed by atoms with E-state index in [1.54, 1.807) is 0 Å². The number of carbonyl (C=O) groups is 1. The Balaban J connectivity index is 2.16. The smallest absolute Gasteiger partial charge is 0.310 e. The van der Waals surface area contributed by atoms with Gasteiger partial charge in [0.1, 0.15) is 0 Å². The van der Waals surface area contributed by atoms with Crippen LogP contribution in [0.15, 0.2) is 0 Å². The van der Waals surface area contributed by atoms with Crippen molar-refractivity contribution in [2.24, 2.45) is 11.8 Å². The first-order valence-corrected chi connectivity index (χ1v) is 4.12. The van der Waals surface area contributed by atoms with Crippen molar-refractivity contribution in [3.63, 3.8) is 0 Å². The molecule has 10 heavy (non-hydrogen) atoms. The molecule has 0 aromatic carbocycles. The van der Waals surface area contributed by atoms with E-state index in [4.69, 9.17) is 4.74 Å². The lowest BCUT2D eigenvalue weighted by Crippen LogP contribution is -2.52. The maximum Gasteiger partial charge on any atom is 0.310 e. The number of aliphatic hydroxyl groups excluding tert-OH is 1. The van der Waals surface area contributed by atoms with Gasteiger partial charge in [0.05, 0.1) is 23.5 Å². The fourth-order valence-corrected chi connectivity index (χ4v) is 2.53. The molecule has 1 saturated heterocycles. The number of alkyl halides is 1. The number of rotatable bonds is 0. The fourth-order valence-electron chi connectivity index (χ4n) is 1.53. The lowest BCUT2D eigenvalue weighted by Gasteiger charge is -2.38. The monoisotopic (exact) mass is 206 g/mol. The Labute approximate surface area is 66.5 Å². The standard InChI is InChI=1S/C6H7BrO3/c7-4-3-2(5(4)8)1-10-6(3)9/h2-5,8H,1H2. The van der Waals surface area contributed by atoms with Gasteiger partial charge in [-0.2, -0.15) is 0 Å². The molecule has 1 heterocycles. The highest BCUT2D eigenvalue weighted by Crippen LogP contribution is 2.44. The third kappa shape index (κ3) is 0.609. The van der Waals surface area contributed by atoms with Crippen molar-refractivity contribution >= 4 is 21.9 Å². The molecule has 2 rings (SSSR count). The van der Waals surface area contributed by atoms with Crippen LogP contribution >= 0.6 is 15.9 Å². The Morgan fingerprint density at radius 1 is 1.70 bits per heavy atom. The molecule has 56 valence electrons. The first-order chi connectivity index (χ1) is 4.72. The SMILES string of the molecule is O=C1OCC2C(O)C(Br)C12. The van der Waals surface area contributed by atoms with Gasteiger partial charge in [0.15, 0.2) is 0 Å². The molecule has 2 fully saturated rings. The normalized spacial score (nSPS) is 51.6. The van der Waals surface area contributed by atoms with E-state index in [0.29, 0.717) is 6.61 Å². The second kappa shape index (κ2) is 1.95. The molecule has 1 aliphatic carbocycles. The Hall–Kier alpha value is -0.0900. The van der Waals surface area contributed by atoms with Crippen molar-refractivity contribution in [2.75, 3.05) is 6.61 Å². The van der Waals surface area contributed by atoms with Gasteiger partial charge in [0.25, 0.3) is 0 Å². The third-order valence-electron chi connectivity index (χ3n) is 2.26. The molecule has 1 N–H and O–H groups in total. The summed E-state index contributed by atoms with van der Waals surface area (Å²) in [5, 5.41) is 9.23. The number of ether oxygens (including phenoxy) is 1. The largest absolute Gasteiger partial charge is 0.465 e. The quantitative estimate of drug-likeness (QED) is 0.446. The molecule has 0 bridgehead atoms. The van der Waals surface area contributed by atoms with Crippen LogP contribution in [0.1, 0.15) is 0 Å². The summed E-state index contributed by atoms with van der Waals surface area (Å²) in [5.74, 6) is -0.205. The van der Waals surface area contributed by atoms with Crippen LogP contribution in [0.3, 0.4) is 0 Å². The summed E-state index contributed by atoms with van der Waals surface area (Å²) in [5.41, 5.74) is 0. The number of fused-ring (bicyclic) bond motifs is 1. The Morgan fingerprint density at radius 3 is 3.00 bits per heavy atom. The summed E-state index contributed by atoms with van der Waals surface area (Å²) in [4.78, 5) is 10.8. The van der Waals surface area contributed by atoms with Gasteiger partial charge in [-0.1, -0.05) is 15.9 Å². The molecule has 1 saturated carbocycles. The summed E-state index contributed by atoms with van der Waals surface area (Å²) in [6.45, 7) is 0.396. The number of hydrogen-bond donors (Lipinski definition) is 1. The molecule has 4 unspecified atom stereocenters. The molecular weight excluding hydrogens is 200 g/mol. The molecule has 4 atom stereocenters. The van der Waals surface area contributed by atoms with E-state index in [-0.39, 0.29) is 22.6 Å². The van der Waals surface area contributed by atoms with Crippen molar-refractivity contribution in [3.05, 3.63) is 0 Å². The summed E-state index contributed by atoms with van der Waals surface area (Å²) in [6, 6.07) is 0. The van der Waals surface area contributed by atoms with Crippen LogP contribution in [0.2, 0.25) is 0 Å². The first kappa shape index (κ1) is 6.61. The second-order valence-corrected chi connectivity index (χ2v) is 3.81. The van der Waals surface area contributed by atoms with Crippen LogP contribution < -0.4 is 0 Å². The number of esters is 1. The predicted octanol–water partition coefficient (Wildman–Crippen LogP) is -0.0864. The minimum atomic E-state index is -0.392. The number of hydrogen-bond acceptors (Lipinski definition) is 3. The van der Waals surface area contributed by atoms with Crippen molar-refractivity contribution in [3.8, 4) is 0 Å². The van der Waals surface area contributed by atoms with E-state index in [1.165, 1.54) is 0 Å². The minimum absolute atomic E-state index is 0.0527. The minimum Gasteiger partial charge on any atom is -0.465 e. The van der Waals surface area contributed by atoms with Crippen molar-refractivity contribution in [1.82, 2.24) is 0 Å². The van der Waals surface area contributed by atoms with E-state index in [9.17, 15) is 9.90 Å². The number of aliphatic hydroxyl groups is 1. The zero-order valence-corrected chi connectivity index (χ0v) is 6.74. The highest BCUT2D eigenvalue weighted by molar-refractivity contribution is 9.09. The molecule has 2 aliphatic rings. The number of halogens is 1. The zero-order chi connectivity index (χ0) is 7.30. The molecule has 0 amide bonds. The van der Waals surface area contributed by atoms with Gasteiger partial charge in [0.2, 0.25) is 0 Å². The Kier molecular flexibility index (Phi) is 1.29. The molecule has 1 aliphatic heterocycles. The third-order valence-corrected chi connectivity index (χ3v) is 3.37. The van der Waals surface area contributed by atoms with E-state index in [0.717, 1.165) is 0 Å². The number of carbonyl (C=O) groups excluding carboxylic acids is 1. The molecular formula is C6H7BrO3. The Morgan fingerprint density at radius 2 is 2.40 bits per heavy atom. The maximum atomic E-state index is 10.8. The molecule has 0 aromatic heterocycles. The lowest BCUT2D eigenvalue weighted by molar-refractivity contribution is -0.143. The highest BCUT2D eigenvalue weighted by Gasteiger charge is 2.57. The summed E-state index contributed by atoms with van der Waals surface area (Å²) < 4.78 is 4.75. The summed E-state index contributed by atoms with van der Waals surface area (Å²) >= 11 is 3.22. The van der Waals surface area contributed by atoms with Crippen LogP contribution in [0, 0.1) is 11.8 Å². The van der Waals surface area contributed by atoms with Gasteiger partial charge in [-0.05, 0) is 0 Å². The van der Waals surface area contributed by atoms with Crippen LogP contribution in [-0.2, 0) is 9.53 Å². The molecule has 4 heteroatoms. The lowest BCUT2D eigenvalue weighted by atomic mass is 9.73. The van der Waals surface area contributed by atoms with E-state index >= 15 is 0 Å². The first-order valence-electron chi connectivity index (χ1n) is 3.20. The predicted molar refractivity (Wildman–Crippen MR) is 36.7 cm³/mol. The van der Waals surface area contributed by atoms with Gasteiger partial charge in [-0.15, -0.1) is 0 Å². The zero-order valence-electron chi connectivity index (χ0n) is 5.16. The summed E-state index contributed by atoms with van der Waals surface area (Å²) in [7, 11) is 0. The van der Waals surface area contributed by atoms with Crippen LogP contribution in [0.5, 0.6) is 0 Å². The maximum absolute atomic E-state index is 10.8. The van der Waals surface area contributed by atoms with Crippen molar-refractivity contribution < 1.29 is 14.6 Å². The van der Waals surface area contributed by atoms with E-state index < -0.39 is 6.10 Å². The Bertz CT molecular complexity index is 182. The van der Waals surface area contributed by atoms with Crippen LogP contribution in [-0.4, -0.2) is 28.6 Å². The molecule has 0 aromatic rings. The highest BCUT2D eigenvalue weighted by atomic mass is 79.9.